The quantitative estimate of drug-likeness (QED) is 0.527. The largest absolute Gasteiger partial charge is 0.376 e. The van der Waals surface area contributed by atoms with Crippen LogP contribution in [0.25, 0.3) is 11.3 Å². The van der Waals surface area contributed by atoms with Crippen LogP contribution < -0.4 is 5.32 Å². The van der Waals surface area contributed by atoms with Crippen LogP contribution in [0.4, 0.5) is 5.82 Å². The zero-order valence-corrected chi connectivity index (χ0v) is 18.2. The van der Waals surface area contributed by atoms with Gasteiger partial charge in [0.15, 0.2) is 0 Å². The van der Waals surface area contributed by atoms with Gasteiger partial charge in [0.2, 0.25) is 0 Å². The first kappa shape index (κ1) is 20.1. The van der Waals surface area contributed by atoms with Crippen molar-refractivity contribution in [3.63, 3.8) is 0 Å². The topological polar surface area (TPSA) is 47.0 Å². The van der Waals surface area contributed by atoms with Crippen LogP contribution in [0.3, 0.4) is 0 Å². The molecular formula is C23H23Cl2N3O. The minimum atomic E-state index is 0.0449. The zero-order valence-electron chi connectivity index (χ0n) is 16.7. The Morgan fingerprint density at radius 1 is 1.07 bits per heavy atom. The van der Waals surface area contributed by atoms with Crippen LogP contribution in [0, 0.1) is 13.8 Å². The van der Waals surface area contributed by atoms with Gasteiger partial charge in [-0.05, 0) is 50.1 Å². The van der Waals surface area contributed by atoms with Crippen molar-refractivity contribution in [2.24, 2.45) is 0 Å². The molecule has 0 spiro atoms. The lowest BCUT2D eigenvalue weighted by molar-refractivity contribution is 0.0573. The highest BCUT2D eigenvalue weighted by molar-refractivity contribution is 6.36. The second-order valence-corrected chi connectivity index (χ2v) is 8.08. The highest BCUT2D eigenvalue weighted by Crippen LogP contribution is 2.37. The van der Waals surface area contributed by atoms with E-state index in [1.807, 2.05) is 32.9 Å². The Bertz CT molecular complexity index is 1050. The first-order valence-electron chi connectivity index (χ1n) is 9.74. The molecule has 0 fully saturated rings. The predicted molar refractivity (Wildman–Crippen MR) is 119 cm³/mol. The Kier molecular flexibility index (Phi) is 5.77. The number of ether oxygens (including phenoxy) is 1. The van der Waals surface area contributed by atoms with Crippen LogP contribution in [0.2, 0.25) is 10.0 Å². The second-order valence-electron chi connectivity index (χ2n) is 7.23. The normalized spacial score (nSPS) is 18.0. The van der Waals surface area contributed by atoms with E-state index in [9.17, 15) is 0 Å². The molecule has 1 aromatic heterocycles. The second kappa shape index (κ2) is 8.31. The number of halogens is 2. The number of rotatable bonds is 5. The highest BCUT2D eigenvalue weighted by Gasteiger charge is 2.33. The minimum absolute atomic E-state index is 0.0449. The average molecular weight is 428 g/mol. The summed E-state index contributed by atoms with van der Waals surface area (Å²) in [5.74, 6) is 0.766. The first-order chi connectivity index (χ1) is 14.0. The van der Waals surface area contributed by atoms with Gasteiger partial charge in [0.05, 0.1) is 34.3 Å². The lowest BCUT2D eigenvalue weighted by atomic mass is 10.1. The van der Waals surface area contributed by atoms with Crippen molar-refractivity contribution in [2.45, 2.75) is 39.3 Å². The molecule has 4 nitrogen and oxygen atoms in total. The summed E-state index contributed by atoms with van der Waals surface area (Å²) in [6, 6.07) is 13.9. The number of fused-ring (bicyclic) bond motifs is 1. The monoisotopic (exact) mass is 427 g/mol. The smallest absolute Gasteiger partial charge is 0.148 e. The van der Waals surface area contributed by atoms with Crippen molar-refractivity contribution in [2.75, 3.05) is 11.9 Å². The van der Waals surface area contributed by atoms with Crippen molar-refractivity contribution < 1.29 is 4.74 Å². The Morgan fingerprint density at radius 2 is 1.86 bits per heavy atom. The molecule has 0 bridgehead atoms. The third kappa shape index (κ3) is 3.97. The van der Waals surface area contributed by atoms with Gasteiger partial charge in [0, 0.05) is 23.6 Å². The summed E-state index contributed by atoms with van der Waals surface area (Å²) < 4.78 is 6.02. The van der Waals surface area contributed by atoms with Crippen LogP contribution in [-0.4, -0.2) is 22.7 Å². The molecule has 1 aliphatic carbocycles. The minimum Gasteiger partial charge on any atom is -0.376 e. The number of anilines is 1. The van der Waals surface area contributed by atoms with Crippen molar-refractivity contribution in [1.82, 2.24) is 9.97 Å². The summed E-state index contributed by atoms with van der Waals surface area (Å²) in [5, 5.41) is 4.76. The number of aryl methyl sites for hydroxylation is 2. The fraction of sp³-hybridized carbons (Fsp3) is 0.304. The van der Waals surface area contributed by atoms with Crippen molar-refractivity contribution >= 4 is 29.0 Å². The molecule has 2 aromatic carbocycles. The van der Waals surface area contributed by atoms with E-state index in [0.29, 0.717) is 16.7 Å². The van der Waals surface area contributed by atoms with Crippen molar-refractivity contribution in [3.05, 3.63) is 75.0 Å². The Morgan fingerprint density at radius 3 is 2.62 bits per heavy atom. The van der Waals surface area contributed by atoms with E-state index in [0.717, 1.165) is 34.9 Å². The van der Waals surface area contributed by atoms with E-state index in [2.05, 4.69) is 29.6 Å². The van der Waals surface area contributed by atoms with E-state index >= 15 is 0 Å². The van der Waals surface area contributed by atoms with Gasteiger partial charge in [-0.3, -0.25) is 0 Å². The molecule has 2 unspecified atom stereocenters. The number of nitrogens with zero attached hydrogens (tertiary/aromatic N) is 2. The molecular weight excluding hydrogens is 405 g/mol. The van der Waals surface area contributed by atoms with Gasteiger partial charge >= 0.3 is 0 Å². The first-order valence-corrected chi connectivity index (χ1v) is 10.5. The van der Waals surface area contributed by atoms with Crippen molar-refractivity contribution in [1.29, 1.82) is 0 Å². The fourth-order valence-electron chi connectivity index (χ4n) is 3.92. The molecule has 0 amide bonds. The summed E-state index contributed by atoms with van der Waals surface area (Å²) in [4.78, 5) is 9.63. The van der Waals surface area contributed by atoms with E-state index < -0.39 is 0 Å². The molecule has 1 N–H and O–H groups in total. The zero-order chi connectivity index (χ0) is 20.5. The maximum Gasteiger partial charge on any atom is 0.148 e. The van der Waals surface area contributed by atoms with Gasteiger partial charge < -0.3 is 10.1 Å². The molecule has 4 rings (SSSR count). The lowest BCUT2D eigenvalue weighted by Crippen LogP contribution is -2.25. The Hall–Kier alpha value is -2.14. The SMILES string of the molecule is CCOC1Cc2ccccc2C1Nc1nc(C)c(-c2ccc(Cl)cc2Cl)nc1C. The van der Waals surface area contributed by atoms with E-state index in [-0.39, 0.29) is 12.1 Å². The summed E-state index contributed by atoms with van der Waals surface area (Å²) in [5.41, 5.74) is 5.79. The predicted octanol–water partition coefficient (Wildman–Crippen LogP) is 6.18. The summed E-state index contributed by atoms with van der Waals surface area (Å²) in [6.45, 7) is 6.60. The lowest BCUT2D eigenvalue weighted by Gasteiger charge is -2.23. The summed E-state index contributed by atoms with van der Waals surface area (Å²) in [7, 11) is 0. The van der Waals surface area contributed by atoms with Gasteiger partial charge in [-0.2, -0.15) is 0 Å². The van der Waals surface area contributed by atoms with Crippen LogP contribution in [0.15, 0.2) is 42.5 Å². The molecule has 3 aromatic rings. The van der Waals surface area contributed by atoms with Gasteiger partial charge in [-0.1, -0.05) is 47.5 Å². The number of benzene rings is 2. The molecule has 1 aliphatic rings. The molecule has 0 radical (unpaired) electrons. The summed E-state index contributed by atoms with van der Waals surface area (Å²) in [6.07, 6.45) is 0.968. The fourth-order valence-corrected chi connectivity index (χ4v) is 4.42. The molecule has 0 saturated carbocycles. The maximum atomic E-state index is 6.39. The average Bonchev–Trinajstić information content (AvgIpc) is 3.02. The van der Waals surface area contributed by atoms with E-state index in [4.69, 9.17) is 37.9 Å². The van der Waals surface area contributed by atoms with Crippen molar-refractivity contribution in [3.8, 4) is 11.3 Å². The van der Waals surface area contributed by atoms with Crippen LogP contribution in [-0.2, 0) is 11.2 Å². The molecule has 2 atom stereocenters. The van der Waals surface area contributed by atoms with Gasteiger partial charge in [0.25, 0.3) is 0 Å². The molecule has 150 valence electrons. The van der Waals surface area contributed by atoms with Gasteiger partial charge in [-0.25, -0.2) is 9.97 Å². The molecule has 6 heteroatoms. The molecule has 1 heterocycles. The third-order valence-corrected chi connectivity index (χ3v) is 5.83. The van der Waals surface area contributed by atoms with Crippen LogP contribution in [0.5, 0.6) is 0 Å². The summed E-state index contributed by atoms with van der Waals surface area (Å²) >= 11 is 12.4. The highest BCUT2D eigenvalue weighted by atomic mass is 35.5. The number of nitrogens with one attached hydrogen (secondary N) is 1. The Balaban J connectivity index is 1.68. The molecule has 0 aliphatic heterocycles. The van der Waals surface area contributed by atoms with Crippen LogP contribution >= 0.6 is 23.2 Å². The van der Waals surface area contributed by atoms with Crippen LogP contribution in [0.1, 0.15) is 35.5 Å². The number of aromatic nitrogens is 2. The van der Waals surface area contributed by atoms with Gasteiger partial charge in [0.1, 0.15) is 5.82 Å². The van der Waals surface area contributed by atoms with E-state index in [1.165, 1.54) is 11.1 Å². The van der Waals surface area contributed by atoms with E-state index in [1.54, 1.807) is 6.07 Å². The standard InChI is InChI=1S/C23H23Cl2N3O/c1-4-29-20-11-15-7-5-6-8-17(15)22(20)28-23-14(3)26-21(13(2)27-23)18-10-9-16(24)12-19(18)25/h5-10,12,20,22H,4,11H2,1-3H3,(H,27,28). The molecule has 0 saturated heterocycles. The maximum absolute atomic E-state index is 6.39. The third-order valence-electron chi connectivity index (χ3n) is 5.29. The number of hydrogen-bond acceptors (Lipinski definition) is 4. The Labute approximate surface area is 181 Å². The number of hydrogen-bond donors (Lipinski definition) is 1. The molecule has 29 heavy (non-hydrogen) atoms. The van der Waals surface area contributed by atoms with Gasteiger partial charge in [-0.15, -0.1) is 0 Å².